The van der Waals surface area contributed by atoms with Crippen molar-refractivity contribution in [3.05, 3.63) is 77.6 Å². The van der Waals surface area contributed by atoms with Gasteiger partial charge in [0, 0.05) is 6.54 Å². The molecular formula is C26H27FN2O4S. The van der Waals surface area contributed by atoms with Gasteiger partial charge in [-0.05, 0) is 78.3 Å². The highest BCUT2D eigenvalue weighted by molar-refractivity contribution is 7.80. The van der Waals surface area contributed by atoms with Crippen LogP contribution in [0.1, 0.15) is 17.2 Å². The van der Waals surface area contributed by atoms with E-state index >= 15 is 0 Å². The molecule has 0 fully saturated rings. The topological polar surface area (TPSA) is 52.2 Å². The van der Waals surface area contributed by atoms with E-state index in [1.54, 1.807) is 33.5 Å². The van der Waals surface area contributed by atoms with Gasteiger partial charge in [-0.3, -0.25) is 0 Å². The lowest BCUT2D eigenvalue weighted by Gasteiger charge is -2.39. The molecule has 6 nitrogen and oxygen atoms in total. The van der Waals surface area contributed by atoms with Gasteiger partial charge in [0.1, 0.15) is 23.9 Å². The third-order valence-electron chi connectivity index (χ3n) is 5.83. The van der Waals surface area contributed by atoms with Crippen LogP contribution in [-0.2, 0) is 6.42 Å². The van der Waals surface area contributed by atoms with Crippen molar-refractivity contribution in [3.8, 4) is 23.0 Å². The molecule has 1 heterocycles. The van der Waals surface area contributed by atoms with Crippen molar-refractivity contribution in [1.29, 1.82) is 0 Å². The van der Waals surface area contributed by atoms with Gasteiger partial charge in [0.2, 0.25) is 0 Å². The number of halogens is 1. The van der Waals surface area contributed by atoms with Crippen LogP contribution < -0.4 is 24.3 Å². The molecule has 1 N–H and O–H groups in total. The van der Waals surface area contributed by atoms with E-state index in [4.69, 9.17) is 31.2 Å². The summed E-state index contributed by atoms with van der Waals surface area (Å²) in [4.78, 5) is 2.10. The van der Waals surface area contributed by atoms with Crippen LogP contribution in [0.15, 0.2) is 60.7 Å². The van der Waals surface area contributed by atoms with Crippen molar-refractivity contribution in [1.82, 2.24) is 4.90 Å². The summed E-state index contributed by atoms with van der Waals surface area (Å²) in [6.45, 7) is 0.989. The molecule has 1 atom stereocenters. The Kier molecular flexibility index (Phi) is 7.37. The molecule has 3 aromatic rings. The molecule has 0 amide bonds. The van der Waals surface area contributed by atoms with Gasteiger partial charge in [-0.15, -0.1) is 0 Å². The number of nitrogens with one attached hydrogen (secondary N) is 1. The molecule has 0 radical (unpaired) electrons. The van der Waals surface area contributed by atoms with Crippen molar-refractivity contribution in [3.63, 3.8) is 0 Å². The average molecular weight is 483 g/mol. The SMILES string of the molecule is COc1ccccc1NC(=S)N1CCc2cc(OC)c(OC)cc2[C@@H]1COc1ccc(F)cc1. The van der Waals surface area contributed by atoms with Gasteiger partial charge in [0.05, 0.1) is 33.1 Å². The van der Waals surface area contributed by atoms with Crippen LogP contribution in [-0.4, -0.2) is 44.5 Å². The third kappa shape index (κ3) is 5.02. The number of fused-ring (bicyclic) bond motifs is 1. The Labute approximate surface area is 204 Å². The van der Waals surface area contributed by atoms with Crippen LogP contribution in [0.5, 0.6) is 23.0 Å². The molecule has 8 heteroatoms. The maximum absolute atomic E-state index is 13.3. The van der Waals surface area contributed by atoms with E-state index in [0.717, 1.165) is 23.2 Å². The van der Waals surface area contributed by atoms with E-state index in [1.165, 1.54) is 12.1 Å². The molecule has 1 aliphatic heterocycles. The highest BCUT2D eigenvalue weighted by atomic mass is 32.1. The molecule has 0 unspecified atom stereocenters. The van der Waals surface area contributed by atoms with Gasteiger partial charge in [-0.25, -0.2) is 4.39 Å². The first-order valence-electron chi connectivity index (χ1n) is 10.9. The largest absolute Gasteiger partial charge is 0.495 e. The molecule has 0 bridgehead atoms. The van der Waals surface area contributed by atoms with Crippen LogP contribution >= 0.6 is 12.2 Å². The lowest BCUT2D eigenvalue weighted by Crippen LogP contribution is -2.44. The van der Waals surface area contributed by atoms with E-state index in [0.29, 0.717) is 41.3 Å². The van der Waals surface area contributed by atoms with E-state index < -0.39 is 0 Å². The van der Waals surface area contributed by atoms with Gasteiger partial charge in [-0.2, -0.15) is 0 Å². The Balaban J connectivity index is 1.65. The number of hydrogen-bond donors (Lipinski definition) is 1. The molecule has 34 heavy (non-hydrogen) atoms. The number of methoxy groups -OCH3 is 3. The minimum atomic E-state index is -0.309. The fourth-order valence-electron chi connectivity index (χ4n) is 4.09. The number of benzene rings is 3. The van der Waals surface area contributed by atoms with Crippen molar-refractivity contribution in [2.75, 3.05) is 39.8 Å². The zero-order valence-electron chi connectivity index (χ0n) is 19.3. The number of ether oxygens (including phenoxy) is 4. The summed E-state index contributed by atoms with van der Waals surface area (Å²) in [5.41, 5.74) is 2.96. The van der Waals surface area contributed by atoms with E-state index in [9.17, 15) is 4.39 Å². The number of thiocarbonyl (C=S) groups is 1. The van der Waals surface area contributed by atoms with Gasteiger partial charge in [0.25, 0.3) is 0 Å². The standard InChI is InChI=1S/C26H27FN2O4S/c1-30-23-7-5-4-6-21(23)28-26(34)29-13-12-17-14-24(31-2)25(32-3)15-20(17)22(29)16-33-19-10-8-18(27)9-11-19/h4-11,14-15,22H,12-13,16H2,1-3H3,(H,28,34)/t22-/m0/s1. The first-order chi connectivity index (χ1) is 16.5. The summed E-state index contributed by atoms with van der Waals surface area (Å²) in [5.74, 6) is 2.29. The van der Waals surface area contributed by atoms with Crippen molar-refractivity contribution < 1.29 is 23.3 Å². The smallest absolute Gasteiger partial charge is 0.174 e. The second-order valence-corrected chi connectivity index (χ2v) is 8.15. The van der Waals surface area contributed by atoms with Crippen molar-refractivity contribution in [2.45, 2.75) is 12.5 Å². The van der Waals surface area contributed by atoms with E-state index in [1.807, 2.05) is 36.4 Å². The van der Waals surface area contributed by atoms with Crippen LogP contribution in [0.4, 0.5) is 10.1 Å². The Morgan fingerprint density at radius 3 is 2.35 bits per heavy atom. The van der Waals surface area contributed by atoms with Gasteiger partial charge >= 0.3 is 0 Å². The Morgan fingerprint density at radius 2 is 1.65 bits per heavy atom. The first-order valence-corrected chi connectivity index (χ1v) is 11.3. The van der Waals surface area contributed by atoms with Crippen LogP contribution in [0, 0.1) is 5.82 Å². The minimum absolute atomic E-state index is 0.205. The summed E-state index contributed by atoms with van der Waals surface area (Å²) in [5, 5.41) is 3.87. The number of nitrogens with zero attached hydrogens (tertiary/aromatic N) is 1. The lowest BCUT2D eigenvalue weighted by molar-refractivity contribution is 0.190. The molecule has 0 aliphatic carbocycles. The number of anilines is 1. The second kappa shape index (κ2) is 10.6. The normalized spacial score (nSPS) is 14.7. The number of hydrogen-bond acceptors (Lipinski definition) is 5. The van der Waals surface area contributed by atoms with Crippen LogP contribution in [0.3, 0.4) is 0 Å². The Morgan fingerprint density at radius 1 is 0.971 bits per heavy atom. The summed E-state index contributed by atoms with van der Waals surface area (Å²) in [6, 6.07) is 17.4. The zero-order chi connectivity index (χ0) is 24.1. The van der Waals surface area contributed by atoms with E-state index in [-0.39, 0.29) is 11.9 Å². The molecule has 0 saturated heterocycles. The predicted octanol–water partition coefficient (Wildman–Crippen LogP) is 5.23. The molecule has 0 aromatic heterocycles. The molecule has 178 valence electrons. The van der Waals surface area contributed by atoms with E-state index in [2.05, 4.69) is 10.2 Å². The third-order valence-corrected chi connectivity index (χ3v) is 6.17. The van der Waals surface area contributed by atoms with Crippen LogP contribution in [0.2, 0.25) is 0 Å². The summed E-state index contributed by atoms with van der Waals surface area (Å²) in [7, 11) is 4.86. The first kappa shape index (κ1) is 23.6. The quantitative estimate of drug-likeness (QED) is 0.463. The lowest BCUT2D eigenvalue weighted by atomic mass is 9.92. The summed E-state index contributed by atoms with van der Waals surface area (Å²) in [6.07, 6.45) is 0.774. The van der Waals surface area contributed by atoms with Crippen LogP contribution in [0.25, 0.3) is 0 Å². The molecular weight excluding hydrogens is 455 g/mol. The van der Waals surface area contributed by atoms with Gasteiger partial charge < -0.3 is 29.2 Å². The molecule has 0 saturated carbocycles. The van der Waals surface area contributed by atoms with Crippen molar-refractivity contribution in [2.24, 2.45) is 0 Å². The fraction of sp³-hybridized carbons (Fsp3) is 0.269. The summed E-state index contributed by atoms with van der Waals surface area (Å²) >= 11 is 5.83. The van der Waals surface area contributed by atoms with Crippen molar-refractivity contribution >= 4 is 23.0 Å². The maximum atomic E-state index is 13.3. The maximum Gasteiger partial charge on any atom is 0.174 e. The van der Waals surface area contributed by atoms with Gasteiger partial charge in [-0.1, -0.05) is 12.1 Å². The highest BCUT2D eigenvalue weighted by Gasteiger charge is 2.31. The molecule has 4 rings (SSSR count). The fourth-order valence-corrected chi connectivity index (χ4v) is 4.42. The molecule has 1 aliphatic rings. The summed E-state index contributed by atoms with van der Waals surface area (Å²) < 4.78 is 35.9. The average Bonchev–Trinajstić information content (AvgIpc) is 2.87. The Bertz CT molecular complexity index is 1160. The predicted molar refractivity (Wildman–Crippen MR) is 134 cm³/mol. The zero-order valence-corrected chi connectivity index (χ0v) is 20.2. The highest BCUT2D eigenvalue weighted by Crippen LogP contribution is 2.39. The monoisotopic (exact) mass is 482 g/mol. The number of rotatable bonds is 7. The number of para-hydroxylation sites is 2. The molecule has 3 aromatic carbocycles. The van der Waals surface area contributed by atoms with Gasteiger partial charge in [0.15, 0.2) is 16.6 Å². The second-order valence-electron chi connectivity index (χ2n) is 7.76. The Hall–Kier alpha value is -3.52. The molecule has 0 spiro atoms. The minimum Gasteiger partial charge on any atom is -0.495 e.